The van der Waals surface area contributed by atoms with Gasteiger partial charge < -0.3 is 20.7 Å². The minimum absolute atomic E-state index is 0.0971. The molecule has 0 atom stereocenters. The molecular formula is C32H34Cl2N6O3. The van der Waals surface area contributed by atoms with Gasteiger partial charge >= 0.3 is 0 Å². The first-order valence-corrected chi connectivity index (χ1v) is 15.1. The summed E-state index contributed by atoms with van der Waals surface area (Å²) in [5.74, 6) is -0.0275. The number of aromatic nitrogens is 3. The molecule has 224 valence electrons. The van der Waals surface area contributed by atoms with Crippen LogP contribution in [0.15, 0.2) is 48.8 Å². The molecule has 0 saturated carbocycles. The number of carbonyl (C=O) groups is 2. The maximum Gasteiger partial charge on any atom is 0.274 e. The Morgan fingerprint density at radius 3 is 2.33 bits per heavy atom. The van der Waals surface area contributed by atoms with Crippen LogP contribution < -0.4 is 15.8 Å². The summed E-state index contributed by atoms with van der Waals surface area (Å²) in [6.07, 6.45) is 5.67. The maximum atomic E-state index is 13.8. The SMILES string of the molecule is CCC.COc1cc2c(cc1-c1cncc(C(N)=O)c1)-c1c(c(C(=O)N3CCNCC3)nn1-c1cc(Cl)cc(Cl)c1)CC2. The van der Waals surface area contributed by atoms with Crippen LogP contribution in [0, 0.1) is 0 Å². The van der Waals surface area contributed by atoms with E-state index >= 15 is 0 Å². The molecule has 11 heteroatoms. The first-order valence-electron chi connectivity index (χ1n) is 14.3. The first-order chi connectivity index (χ1) is 20.7. The average molecular weight is 622 g/mol. The lowest BCUT2D eigenvalue weighted by atomic mass is 9.86. The van der Waals surface area contributed by atoms with E-state index in [1.807, 2.05) is 17.0 Å². The van der Waals surface area contributed by atoms with Gasteiger partial charge in [0.25, 0.3) is 5.91 Å². The lowest BCUT2D eigenvalue weighted by molar-refractivity contribution is 0.0728. The van der Waals surface area contributed by atoms with Crippen LogP contribution in [0.3, 0.4) is 0 Å². The summed E-state index contributed by atoms with van der Waals surface area (Å²) < 4.78 is 7.51. The van der Waals surface area contributed by atoms with Crippen LogP contribution in [0.2, 0.25) is 10.0 Å². The van der Waals surface area contributed by atoms with Crippen molar-refractivity contribution in [3.63, 3.8) is 0 Å². The number of ether oxygens (including phenoxy) is 1. The number of piperazine rings is 1. The highest BCUT2D eigenvalue weighted by Crippen LogP contribution is 2.43. The fourth-order valence-electron chi connectivity index (χ4n) is 5.43. The number of hydrogen-bond donors (Lipinski definition) is 2. The van der Waals surface area contributed by atoms with Crippen molar-refractivity contribution in [2.24, 2.45) is 5.73 Å². The van der Waals surface area contributed by atoms with Gasteiger partial charge in [-0.2, -0.15) is 5.10 Å². The Bertz CT molecular complexity index is 1660. The number of amides is 2. The number of methoxy groups -OCH3 is 1. The van der Waals surface area contributed by atoms with Crippen molar-refractivity contribution in [1.82, 2.24) is 25.0 Å². The number of hydrogen-bond acceptors (Lipinski definition) is 6. The number of nitrogens with zero attached hydrogens (tertiary/aromatic N) is 4. The molecule has 1 saturated heterocycles. The van der Waals surface area contributed by atoms with Crippen molar-refractivity contribution in [3.8, 4) is 33.8 Å². The van der Waals surface area contributed by atoms with Crippen LogP contribution in [0.5, 0.6) is 5.75 Å². The smallest absolute Gasteiger partial charge is 0.274 e. The van der Waals surface area contributed by atoms with Gasteiger partial charge in [0.2, 0.25) is 5.91 Å². The summed E-state index contributed by atoms with van der Waals surface area (Å²) in [5, 5.41) is 9.09. The number of pyridine rings is 1. The highest BCUT2D eigenvalue weighted by Gasteiger charge is 2.32. The van der Waals surface area contributed by atoms with Gasteiger partial charge in [0.1, 0.15) is 5.75 Å². The minimum atomic E-state index is -0.569. The van der Waals surface area contributed by atoms with Gasteiger partial charge in [-0.3, -0.25) is 14.6 Å². The van der Waals surface area contributed by atoms with Crippen molar-refractivity contribution in [1.29, 1.82) is 0 Å². The van der Waals surface area contributed by atoms with Crippen molar-refractivity contribution < 1.29 is 14.3 Å². The Morgan fingerprint density at radius 2 is 1.67 bits per heavy atom. The van der Waals surface area contributed by atoms with Crippen LogP contribution in [-0.4, -0.2) is 64.8 Å². The summed E-state index contributed by atoms with van der Waals surface area (Å²) in [6.45, 7) is 6.96. The van der Waals surface area contributed by atoms with Crippen molar-refractivity contribution >= 4 is 35.0 Å². The number of fused-ring (bicyclic) bond motifs is 3. The number of halogens is 2. The highest BCUT2D eigenvalue weighted by atomic mass is 35.5. The number of nitrogens with one attached hydrogen (secondary N) is 1. The first kappa shape index (κ1) is 30.5. The normalized spacial score (nSPS) is 13.8. The molecule has 6 rings (SSSR count). The fourth-order valence-corrected chi connectivity index (χ4v) is 5.94. The number of aryl methyl sites for hydroxylation is 1. The minimum Gasteiger partial charge on any atom is -0.496 e. The van der Waals surface area contributed by atoms with Gasteiger partial charge in [-0.15, -0.1) is 0 Å². The van der Waals surface area contributed by atoms with Crippen LogP contribution in [0.25, 0.3) is 28.1 Å². The second-order valence-corrected chi connectivity index (χ2v) is 11.4. The summed E-state index contributed by atoms with van der Waals surface area (Å²) >= 11 is 12.8. The van der Waals surface area contributed by atoms with E-state index in [-0.39, 0.29) is 5.91 Å². The number of carbonyl (C=O) groups excluding carboxylic acids is 2. The summed E-state index contributed by atoms with van der Waals surface area (Å²) in [7, 11) is 1.60. The highest BCUT2D eigenvalue weighted by molar-refractivity contribution is 6.34. The summed E-state index contributed by atoms with van der Waals surface area (Å²) in [5.41, 5.74) is 11.9. The molecule has 43 heavy (non-hydrogen) atoms. The molecule has 0 bridgehead atoms. The maximum absolute atomic E-state index is 13.8. The Kier molecular flexibility index (Phi) is 9.34. The molecule has 2 aromatic carbocycles. The fraction of sp³-hybridized carbons (Fsp3) is 0.312. The molecule has 1 aliphatic carbocycles. The Hall–Kier alpha value is -3.92. The van der Waals surface area contributed by atoms with Gasteiger partial charge in [0.15, 0.2) is 5.69 Å². The molecular weight excluding hydrogens is 587 g/mol. The zero-order valence-corrected chi connectivity index (χ0v) is 25.9. The Balaban J connectivity index is 0.00000118. The van der Waals surface area contributed by atoms with Gasteiger partial charge in [-0.1, -0.05) is 43.5 Å². The Morgan fingerprint density at radius 1 is 0.977 bits per heavy atom. The van der Waals surface area contributed by atoms with Crippen LogP contribution in [0.1, 0.15) is 52.2 Å². The lowest BCUT2D eigenvalue weighted by Crippen LogP contribution is -2.46. The second kappa shape index (κ2) is 13.2. The third-order valence-corrected chi connectivity index (χ3v) is 7.78. The largest absolute Gasteiger partial charge is 0.496 e. The molecule has 0 spiro atoms. The van der Waals surface area contributed by atoms with E-state index in [4.69, 9.17) is 38.8 Å². The van der Waals surface area contributed by atoms with Gasteiger partial charge in [0.05, 0.1) is 24.1 Å². The average Bonchev–Trinajstić information content (AvgIpc) is 3.40. The van der Waals surface area contributed by atoms with E-state index in [0.717, 1.165) is 41.0 Å². The van der Waals surface area contributed by atoms with Gasteiger partial charge in [-0.25, -0.2) is 4.68 Å². The van der Waals surface area contributed by atoms with Crippen LogP contribution in [0.4, 0.5) is 0 Å². The molecule has 9 nitrogen and oxygen atoms in total. The van der Waals surface area contributed by atoms with Crippen LogP contribution in [-0.2, 0) is 12.8 Å². The molecule has 2 aliphatic rings. The predicted octanol–water partition coefficient (Wildman–Crippen LogP) is 5.58. The third-order valence-electron chi connectivity index (χ3n) is 7.34. The monoisotopic (exact) mass is 620 g/mol. The van der Waals surface area contributed by atoms with E-state index < -0.39 is 5.91 Å². The molecule has 4 aromatic rings. The van der Waals surface area contributed by atoms with E-state index in [1.54, 1.807) is 42.3 Å². The molecule has 0 radical (unpaired) electrons. The zero-order chi connectivity index (χ0) is 30.7. The molecule has 1 aliphatic heterocycles. The number of rotatable bonds is 5. The van der Waals surface area contributed by atoms with Gasteiger partial charge in [-0.05, 0) is 54.8 Å². The molecule has 3 N–H and O–H groups in total. The van der Waals surface area contributed by atoms with Crippen molar-refractivity contribution in [3.05, 3.63) is 81.2 Å². The number of benzene rings is 2. The summed E-state index contributed by atoms with van der Waals surface area (Å²) in [4.78, 5) is 31.7. The van der Waals surface area contributed by atoms with E-state index in [2.05, 4.69) is 24.1 Å². The molecule has 2 aromatic heterocycles. The predicted molar refractivity (Wildman–Crippen MR) is 169 cm³/mol. The standard InChI is InChI=1S/C29H26Cl2N6O3.C3H8/c1-40-25-9-16-2-3-22-26(29(39)36-6-4-33-5-7-36)35-37(21-11-19(30)10-20(31)12-21)27(22)24(16)13-23(25)17-8-18(28(32)38)15-34-14-17;1-3-2/h8-15,33H,2-7H2,1H3,(H2,32,38);3H2,1-2H3. The lowest BCUT2D eigenvalue weighted by Gasteiger charge is -2.27. The molecule has 1 fully saturated rings. The van der Waals surface area contributed by atoms with E-state index in [1.165, 1.54) is 12.6 Å². The third kappa shape index (κ3) is 6.25. The number of primary amides is 1. The molecule has 2 amide bonds. The quantitative estimate of drug-likeness (QED) is 0.301. The molecule has 0 unspecified atom stereocenters. The van der Waals surface area contributed by atoms with E-state index in [9.17, 15) is 9.59 Å². The van der Waals surface area contributed by atoms with Crippen molar-refractivity contribution in [2.75, 3.05) is 33.3 Å². The van der Waals surface area contributed by atoms with Crippen LogP contribution >= 0.6 is 23.2 Å². The van der Waals surface area contributed by atoms with Crippen molar-refractivity contribution in [2.45, 2.75) is 33.1 Å². The molecule has 3 heterocycles. The number of nitrogens with two attached hydrogens (primary N) is 1. The summed E-state index contributed by atoms with van der Waals surface area (Å²) in [6, 6.07) is 10.9. The topological polar surface area (TPSA) is 115 Å². The second-order valence-electron chi connectivity index (χ2n) is 10.5. The Labute approximate surface area is 260 Å². The van der Waals surface area contributed by atoms with Gasteiger partial charge in [0, 0.05) is 70.9 Å². The van der Waals surface area contributed by atoms with E-state index in [0.29, 0.717) is 64.2 Å². The zero-order valence-electron chi connectivity index (χ0n) is 24.4.